The summed E-state index contributed by atoms with van der Waals surface area (Å²) in [7, 11) is 0. The Hall–Kier alpha value is -1.31. The lowest BCUT2D eigenvalue weighted by atomic mass is 10.4. The molecule has 0 aliphatic rings. The molecule has 0 spiro atoms. The molecule has 16 heavy (non-hydrogen) atoms. The van der Waals surface area contributed by atoms with Crippen LogP contribution in [0.15, 0.2) is 6.07 Å². The third-order valence-electron chi connectivity index (χ3n) is 2.24. The Balaban J connectivity index is 2.25. The number of nitrogens with two attached hydrogens (primary N) is 1. The third kappa shape index (κ3) is 2.11. The largest absolute Gasteiger partial charge is 0.395 e. The maximum absolute atomic E-state index is 8.93. The molecular weight excluding hydrogens is 228 g/mol. The van der Waals surface area contributed by atoms with Crippen molar-refractivity contribution in [2.24, 2.45) is 0 Å². The molecule has 2 rings (SSSR count). The monoisotopic (exact) mass is 242 g/mol. The summed E-state index contributed by atoms with van der Waals surface area (Å²) in [5, 5.41) is 18.8. The van der Waals surface area contributed by atoms with Crippen LogP contribution in [0.25, 0.3) is 10.3 Å². The standard InChI is InChI=1S/C9H14N4O2S/c10-9-11-6-5-7(16-8(6)12-9)13(1-3-14)2-4-15/h5,14-15H,1-4H2,(H3,10,11,12). The molecule has 0 unspecified atom stereocenters. The molecule has 6 nitrogen and oxygen atoms in total. The van der Waals surface area contributed by atoms with Crippen LogP contribution in [0.1, 0.15) is 0 Å². The van der Waals surface area contributed by atoms with Crippen molar-refractivity contribution in [1.29, 1.82) is 0 Å². The Morgan fingerprint density at radius 3 is 2.62 bits per heavy atom. The van der Waals surface area contributed by atoms with E-state index in [4.69, 9.17) is 15.9 Å². The normalized spacial score (nSPS) is 11.1. The van der Waals surface area contributed by atoms with E-state index < -0.39 is 0 Å². The van der Waals surface area contributed by atoms with Crippen molar-refractivity contribution in [3.63, 3.8) is 0 Å². The SMILES string of the molecule is Nc1nc2sc(N(CCO)CCO)cc2[nH]1. The van der Waals surface area contributed by atoms with Crippen molar-refractivity contribution in [2.75, 3.05) is 36.9 Å². The predicted octanol–water partition coefficient (Wildman–Crippen LogP) is -0.00240. The number of nitrogen functional groups attached to an aromatic ring is 1. The summed E-state index contributed by atoms with van der Waals surface area (Å²) in [6, 6.07) is 1.93. The topological polar surface area (TPSA) is 98.4 Å². The third-order valence-corrected chi connectivity index (χ3v) is 3.33. The van der Waals surface area contributed by atoms with Crippen LogP contribution < -0.4 is 10.6 Å². The van der Waals surface area contributed by atoms with E-state index in [0.717, 1.165) is 15.3 Å². The molecule has 88 valence electrons. The van der Waals surface area contributed by atoms with E-state index in [0.29, 0.717) is 19.0 Å². The first-order valence-electron chi connectivity index (χ1n) is 4.96. The van der Waals surface area contributed by atoms with Gasteiger partial charge in [0.15, 0.2) is 5.95 Å². The molecule has 2 heterocycles. The molecule has 7 heteroatoms. The van der Waals surface area contributed by atoms with Crippen LogP contribution in [0.2, 0.25) is 0 Å². The zero-order valence-electron chi connectivity index (χ0n) is 8.68. The van der Waals surface area contributed by atoms with Gasteiger partial charge in [-0.05, 0) is 6.07 Å². The number of nitrogens with one attached hydrogen (secondary N) is 1. The van der Waals surface area contributed by atoms with E-state index in [2.05, 4.69) is 9.97 Å². The van der Waals surface area contributed by atoms with Gasteiger partial charge in [-0.25, -0.2) is 4.98 Å². The van der Waals surface area contributed by atoms with E-state index in [1.54, 1.807) is 0 Å². The predicted molar refractivity (Wildman–Crippen MR) is 64.8 cm³/mol. The molecular formula is C9H14N4O2S. The van der Waals surface area contributed by atoms with Crippen LogP contribution in [-0.2, 0) is 0 Å². The van der Waals surface area contributed by atoms with Crippen molar-refractivity contribution in [3.8, 4) is 0 Å². The minimum Gasteiger partial charge on any atom is -0.395 e. The molecule has 0 amide bonds. The van der Waals surface area contributed by atoms with Crippen molar-refractivity contribution in [1.82, 2.24) is 9.97 Å². The van der Waals surface area contributed by atoms with Crippen molar-refractivity contribution in [2.45, 2.75) is 0 Å². The van der Waals surface area contributed by atoms with Crippen molar-refractivity contribution >= 4 is 32.6 Å². The van der Waals surface area contributed by atoms with E-state index in [9.17, 15) is 0 Å². The van der Waals surface area contributed by atoms with E-state index in [1.807, 2.05) is 11.0 Å². The highest BCUT2D eigenvalue weighted by Gasteiger charge is 2.11. The Morgan fingerprint density at radius 2 is 2.06 bits per heavy atom. The van der Waals surface area contributed by atoms with E-state index >= 15 is 0 Å². The number of H-pyrrole nitrogens is 1. The first-order valence-corrected chi connectivity index (χ1v) is 5.78. The van der Waals surface area contributed by atoms with Gasteiger partial charge in [-0.1, -0.05) is 11.3 Å². The summed E-state index contributed by atoms with van der Waals surface area (Å²) in [4.78, 5) is 9.82. The van der Waals surface area contributed by atoms with Gasteiger partial charge in [0.05, 0.1) is 23.7 Å². The summed E-state index contributed by atoms with van der Waals surface area (Å²) >= 11 is 1.49. The summed E-state index contributed by atoms with van der Waals surface area (Å²) in [5.74, 6) is 0.406. The average molecular weight is 242 g/mol. The van der Waals surface area contributed by atoms with Gasteiger partial charge in [-0.15, -0.1) is 0 Å². The number of thiophene rings is 1. The number of fused-ring (bicyclic) bond motifs is 1. The minimum absolute atomic E-state index is 0.0569. The van der Waals surface area contributed by atoms with Gasteiger partial charge in [0.25, 0.3) is 0 Å². The second-order valence-corrected chi connectivity index (χ2v) is 4.37. The summed E-state index contributed by atoms with van der Waals surface area (Å²) < 4.78 is 0. The molecule has 0 aromatic carbocycles. The first-order chi connectivity index (χ1) is 7.74. The lowest BCUT2D eigenvalue weighted by Gasteiger charge is -2.20. The van der Waals surface area contributed by atoms with Gasteiger partial charge in [-0.3, -0.25) is 0 Å². The minimum atomic E-state index is 0.0569. The number of aliphatic hydroxyl groups excluding tert-OH is 2. The number of aromatic nitrogens is 2. The maximum Gasteiger partial charge on any atom is 0.199 e. The second kappa shape index (κ2) is 4.69. The van der Waals surface area contributed by atoms with Crippen LogP contribution >= 0.6 is 11.3 Å². The number of aliphatic hydroxyl groups is 2. The fraction of sp³-hybridized carbons (Fsp3) is 0.444. The highest BCUT2D eigenvalue weighted by Crippen LogP contribution is 2.31. The van der Waals surface area contributed by atoms with Gasteiger partial charge in [0.1, 0.15) is 4.83 Å². The lowest BCUT2D eigenvalue weighted by Crippen LogP contribution is -2.28. The summed E-state index contributed by atoms with van der Waals surface area (Å²) in [6.07, 6.45) is 0. The van der Waals surface area contributed by atoms with Crippen molar-refractivity contribution < 1.29 is 10.2 Å². The molecule has 0 aliphatic heterocycles. The highest BCUT2D eigenvalue weighted by molar-refractivity contribution is 7.22. The molecule has 0 radical (unpaired) electrons. The molecule has 5 N–H and O–H groups in total. The first kappa shape index (κ1) is 11.2. The zero-order chi connectivity index (χ0) is 11.5. The number of nitrogens with zero attached hydrogens (tertiary/aromatic N) is 2. The smallest absolute Gasteiger partial charge is 0.199 e. The summed E-state index contributed by atoms with van der Waals surface area (Å²) in [6.45, 7) is 1.11. The fourth-order valence-electron chi connectivity index (χ4n) is 1.55. The quantitative estimate of drug-likeness (QED) is 0.591. The number of rotatable bonds is 5. The van der Waals surface area contributed by atoms with Gasteiger partial charge in [0.2, 0.25) is 0 Å². The van der Waals surface area contributed by atoms with Crippen molar-refractivity contribution in [3.05, 3.63) is 6.07 Å². The number of anilines is 2. The molecule has 0 atom stereocenters. The van der Waals surface area contributed by atoms with Crippen LogP contribution in [0.3, 0.4) is 0 Å². The van der Waals surface area contributed by atoms with Gasteiger partial charge >= 0.3 is 0 Å². The van der Waals surface area contributed by atoms with Gasteiger partial charge < -0.3 is 25.8 Å². The van der Waals surface area contributed by atoms with Crippen LogP contribution in [-0.4, -0.2) is 46.5 Å². The van der Waals surface area contributed by atoms with Gasteiger partial charge in [0, 0.05) is 13.1 Å². The molecule has 2 aromatic rings. The van der Waals surface area contributed by atoms with Crippen LogP contribution in [0.5, 0.6) is 0 Å². The maximum atomic E-state index is 8.93. The molecule has 2 aromatic heterocycles. The Kier molecular flexibility index (Phi) is 3.28. The molecule has 0 saturated heterocycles. The number of hydrogen-bond donors (Lipinski definition) is 4. The number of imidazole rings is 1. The summed E-state index contributed by atoms with van der Waals surface area (Å²) in [5.41, 5.74) is 6.41. The average Bonchev–Trinajstić information content (AvgIpc) is 2.74. The number of aromatic amines is 1. The van der Waals surface area contributed by atoms with E-state index in [-0.39, 0.29) is 13.2 Å². The highest BCUT2D eigenvalue weighted by atomic mass is 32.1. The molecule has 0 aliphatic carbocycles. The Morgan fingerprint density at radius 1 is 1.38 bits per heavy atom. The van der Waals surface area contributed by atoms with Crippen LogP contribution in [0, 0.1) is 0 Å². The van der Waals surface area contributed by atoms with E-state index in [1.165, 1.54) is 11.3 Å². The number of hydrogen-bond acceptors (Lipinski definition) is 6. The Bertz CT molecular complexity index is 429. The fourth-order valence-corrected chi connectivity index (χ4v) is 2.60. The Labute approximate surface area is 96.3 Å². The van der Waals surface area contributed by atoms with Crippen LogP contribution in [0.4, 0.5) is 10.9 Å². The second-order valence-electron chi connectivity index (χ2n) is 3.36. The van der Waals surface area contributed by atoms with Gasteiger partial charge in [-0.2, -0.15) is 0 Å². The molecule has 0 bridgehead atoms. The lowest BCUT2D eigenvalue weighted by molar-refractivity contribution is 0.281. The molecule has 0 fully saturated rings. The zero-order valence-corrected chi connectivity index (χ0v) is 9.50. The molecule has 0 saturated carbocycles.